The van der Waals surface area contributed by atoms with E-state index in [9.17, 15) is 9.90 Å². The van der Waals surface area contributed by atoms with E-state index in [1.165, 1.54) is 0 Å². The molecule has 0 atom stereocenters. The lowest BCUT2D eigenvalue weighted by atomic mass is 9.76. The van der Waals surface area contributed by atoms with Crippen molar-refractivity contribution < 1.29 is 14.6 Å². The highest BCUT2D eigenvalue weighted by Crippen LogP contribution is 2.37. The van der Waals surface area contributed by atoms with E-state index in [0.717, 1.165) is 52.0 Å². The van der Waals surface area contributed by atoms with Crippen molar-refractivity contribution in [1.29, 1.82) is 0 Å². The molecule has 0 spiro atoms. The molecule has 3 rings (SSSR count). The lowest BCUT2D eigenvalue weighted by Crippen LogP contribution is -2.23. The molecule has 0 saturated carbocycles. The molecule has 6 nitrogen and oxygen atoms in total. The van der Waals surface area contributed by atoms with E-state index < -0.39 is 11.5 Å². The van der Waals surface area contributed by atoms with Crippen molar-refractivity contribution in [1.82, 2.24) is 15.0 Å². The third-order valence-corrected chi connectivity index (χ3v) is 5.15. The minimum atomic E-state index is -0.450. The molecular weight excluding hydrogens is 378 g/mol. The topological polar surface area (TPSA) is 77.2 Å². The molecule has 6 heteroatoms. The van der Waals surface area contributed by atoms with Crippen molar-refractivity contribution in [3.63, 3.8) is 0 Å². The number of allylic oxidation sites excluding steroid dienone is 1. The van der Waals surface area contributed by atoms with Gasteiger partial charge in [0.1, 0.15) is 16.8 Å². The number of rotatable bonds is 6. The number of nitrogens with zero attached hydrogens (tertiary/aromatic N) is 3. The summed E-state index contributed by atoms with van der Waals surface area (Å²) >= 11 is 0. The first-order chi connectivity index (χ1) is 14.1. The Kier molecular flexibility index (Phi) is 5.70. The van der Waals surface area contributed by atoms with Crippen molar-refractivity contribution in [3.8, 4) is 11.4 Å². The van der Waals surface area contributed by atoms with E-state index in [-0.39, 0.29) is 5.41 Å². The van der Waals surface area contributed by atoms with Gasteiger partial charge in [0.25, 0.3) is 0 Å². The van der Waals surface area contributed by atoms with Gasteiger partial charge in [-0.25, -0.2) is 0 Å². The summed E-state index contributed by atoms with van der Waals surface area (Å²) in [5.74, 6) is -0.171. The number of ether oxygens (including phenoxy) is 1. The molecule has 0 saturated heterocycles. The summed E-state index contributed by atoms with van der Waals surface area (Å²) in [5, 5.41) is 19.2. The second-order valence-electron chi connectivity index (χ2n) is 8.56. The number of aromatic nitrogens is 3. The number of ketones is 1. The minimum absolute atomic E-state index is 0.332. The van der Waals surface area contributed by atoms with Gasteiger partial charge in [0, 0.05) is 11.6 Å². The van der Waals surface area contributed by atoms with Crippen LogP contribution in [-0.4, -0.2) is 33.0 Å². The van der Waals surface area contributed by atoms with Gasteiger partial charge >= 0.3 is 0 Å². The second kappa shape index (κ2) is 7.94. The van der Waals surface area contributed by atoms with Crippen LogP contribution in [0.5, 0.6) is 5.75 Å². The van der Waals surface area contributed by atoms with Crippen molar-refractivity contribution in [3.05, 3.63) is 58.9 Å². The number of aliphatic hydroxyl groups excluding tert-OH is 1. The van der Waals surface area contributed by atoms with Gasteiger partial charge in [-0.3, -0.25) is 4.79 Å². The molecule has 2 aromatic carbocycles. The highest BCUT2D eigenvalue weighted by Gasteiger charge is 2.30. The molecule has 3 aromatic rings. The number of aryl methyl sites for hydroxylation is 1. The monoisotopic (exact) mass is 407 g/mol. The molecule has 0 aliphatic carbocycles. The summed E-state index contributed by atoms with van der Waals surface area (Å²) in [6.07, 6.45) is 1.64. The fraction of sp³-hybridized carbons (Fsp3) is 0.375. The third kappa shape index (κ3) is 3.82. The number of Topliss-reactive ketones (excluding diaryl/α,β-unsaturated/α-hetero) is 1. The van der Waals surface area contributed by atoms with Crippen molar-refractivity contribution >= 4 is 16.8 Å². The Morgan fingerprint density at radius 3 is 2.43 bits per heavy atom. The van der Waals surface area contributed by atoms with Gasteiger partial charge < -0.3 is 9.84 Å². The van der Waals surface area contributed by atoms with Crippen molar-refractivity contribution in [2.45, 2.75) is 52.9 Å². The van der Waals surface area contributed by atoms with Crippen LogP contribution in [0.15, 0.2) is 36.6 Å². The summed E-state index contributed by atoms with van der Waals surface area (Å²) in [7, 11) is 1.62. The van der Waals surface area contributed by atoms with Crippen LogP contribution < -0.4 is 4.74 Å². The molecule has 0 radical (unpaired) electrons. The number of carbonyl (C=O) groups excluding carboxylic acids is 1. The lowest BCUT2D eigenvalue weighted by Gasteiger charge is -2.29. The average molecular weight is 408 g/mol. The maximum Gasteiger partial charge on any atom is 0.227 e. The maximum absolute atomic E-state index is 12.8. The molecule has 0 aliphatic rings. The Morgan fingerprint density at radius 2 is 1.87 bits per heavy atom. The largest absolute Gasteiger partial charge is 0.505 e. The highest BCUT2D eigenvalue weighted by molar-refractivity contribution is 6.09. The van der Waals surface area contributed by atoms with Gasteiger partial charge in [0.05, 0.1) is 12.8 Å². The number of carbonyl (C=O) groups is 1. The number of methoxy groups -OCH3 is 1. The quantitative estimate of drug-likeness (QED) is 0.343. The van der Waals surface area contributed by atoms with Crippen LogP contribution in [0.25, 0.3) is 16.7 Å². The van der Waals surface area contributed by atoms with Crippen LogP contribution in [0.1, 0.15) is 61.2 Å². The van der Waals surface area contributed by atoms with E-state index in [4.69, 9.17) is 4.74 Å². The first kappa shape index (κ1) is 21.6. The molecule has 1 N–H and O–H groups in total. The van der Waals surface area contributed by atoms with Gasteiger partial charge in [0.2, 0.25) is 5.78 Å². The second-order valence-corrected chi connectivity index (χ2v) is 8.56. The molecular formula is C24H29N3O3. The SMILES string of the molecule is C=C(O)C(=O)c1c(C)cc(-n2nc3ccc(OC)cc3n2)c(CCC)c1C(C)(C)C. The molecule has 30 heavy (non-hydrogen) atoms. The zero-order valence-electron chi connectivity index (χ0n) is 18.5. The Morgan fingerprint density at radius 1 is 1.20 bits per heavy atom. The van der Waals surface area contributed by atoms with Gasteiger partial charge in [-0.05, 0) is 53.6 Å². The van der Waals surface area contributed by atoms with Crippen molar-refractivity contribution in [2.75, 3.05) is 7.11 Å². The van der Waals surface area contributed by atoms with Crippen molar-refractivity contribution in [2.24, 2.45) is 0 Å². The average Bonchev–Trinajstić information content (AvgIpc) is 3.10. The Labute approximate surface area is 177 Å². The molecule has 0 unspecified atom stereocenters. The predicted octanol–water partition coefficient (Wildman–Crippen LogP) is 5.24. The third-order valence-electron chi connectivity index (χ3n) is 5.15. The maximum atomic E-state index is 12.8. The molecule has 0 bridgehead atoms. The first-order valence-electron chi connectivity index (χ1n) is 10.1. The van der Waals surface area contributed by atoms with E-state index in [2.05, 4.69) is 44.5 Å². The van der Waals surface area contributed by atoms with E-state index in [1.54, 1.807) is 11.9 Å². The van der Waals surface area contributed by atoms with Crippen LogP contribution in [0, 0.1) is 6.92 Å². The standard InChI is InChI=1S/C24H29N3O3/c1-8-9-17-20(27-25-18-11-10-16(30-7)13-19(18)26-27)12-14(2)21(23(29)15(3)28)22(17)24(4,5)6/h10-13,28H,3,8-9H2,1-2,4-7H3. The fourth-order valence-corrected chi connectivity index (χ4v) is 3.92. The van der Waals surface area contributed by atoms with Crippen LogP contribution in [0.3, 0.4) is 0 Å². The Hall–Kier alpha value is -3.15. The number of fused-ring (bicyclic) bond motifs is 1. The fourth-order valence-electron chi connectivity index (χ4n) is 3.92. The van der Waals surface area contributed by atoms with E-state index in [0.29, 0.717) is 5.56 Å². The zero-order valence-corrected chi connectivity index (χ0v) is 18.5. The normalized spacial score (nSPS) is 11.7. The molecule has 0 fully saturated rings. The molecule has 0 aliphatic heterocycles. The number of hydrogen-bond donors (Lipinski definition) is 1. The summed E-state index contributed by atoms with van der Waals surface area (Å²) in [5.41, 5.74) is 5.18. The van der Waals surface area contributed by atoms with Crippen LogP contribution in [0.2, 0.25) is 0 Å². The first-order valence-corrected chi connectivity index (χ1v) is 10.1. The molecule has 0 amide bonds. The van der Waals surface area contributed by atoms with Crippen LogP contribution >= 0.6 is 0 Å². The summed E-state index contributed by atoms with van der Waals surface area (Å²) in [4.78, 5) is 14.5. The molecule has 158 valence electrons. The van der Waals surface area contributed by atoms with Gasteiger partial charge in [-0.2, -0.15) is 4.80 Å². The Balaban J connectivity index is 2.36. The smallest absolute Gasteiger partial charge is 0.227 e. The summed E-state index contributed by atoms with van der Waals surface area (Å²) < 4.78 is 5.30. The molecule has 1 aromatic heterocycles. The summed E-state index contributed by atoms with van der Waals surface area (Å²) in [6.45, 7) is 13.6. The molecule has 1 heterocycles. The van der Waals surface area contributed by atoms with Crippen LogP contribution in [-0.2, 0) is 11.8 Å². The van der Waals surface area contributed by atoms with Gasteiger partial charge in [0.15, 0.2) is 5.76 Å². The highest BCUT2D eigenvalue weighted by atomic mass is 16.5. The van der Waals surface area contributed by atoms with Gasteiger partial charge in [-0.1, -0.05) is 40.7 Å². The lowest BCUT2D eigenvalue weighted by molar-refractivity contribution is 0.0976. The minimum Gasteiger partial charge on any atom is -0.505 e. The number of benzene rings is 2. The number of aliphatic hydroxyl groups is 1. The van der Waals surface area contributed by atoms with E-state index >= 15 is 0 Å². The van der Waals surface area contributed by atoms with E-state index in [1.807, 2.05) is 31.2 Å². The van der Waals surface area contributed by atoms with Crippen LogP contribution in [0.4, 0.5) is 0 Å². The van der Waals surface area contributed by atoms with Gasteiger partial charge in [-0.15, -0.1) is 10.2 Å². The zero-order chi connectivity index (χ0) is 22.2. The summed E-state index contributed by atoms with van der Waals surface area (Å²) in [6, 6.07) is 7.51. The predicted molar refractivity (Wildman–Crippen MR) is 119 cm³/mol. The number of hydrogen-bond acceptors (Lipinski definition) is 5. The Bertz CT molecular complexity index is 1140.